The van der Waals surface area contributed by atoms with E-state index in [0.29, 0.717) is 22.3 Å². The molecule has 1 aliphatic heterocycles. The molecule has 0 unspecified atom stereocenters. The molecule has 7 nitrogen and oxygen atoms in total. The van der Waals surface area contributed by atoms with Crippen molar-refractivity contribution in [3.05, 3.63) is 70.8 Å². The van der Waals surface area contributed by atoms with Crippen LogP contribution in [0.2, 0.25) is 0 Å². The first kappa shape index (κ1) is 18.9. The van der Waals surface area contributed by atoms with E-state index in [1.165, 1.54) is 7.05 Å². The average molecular weight is 375 g/mol. The van der Waals surface area contributed by atoms with Gasteiger partial charge in [0.2, 0.25) is 5.91 Å². The van der Waals surface area contributed by atoms with Gasteiger partial charge in [0, 0.05) is 12.6 Å². The van der Waals surface area contributed by atoms with Crippen LogP contribution in [0.4, 0.5) is 0 Å². The van der Waals surface area contributed by atoms with Crippen molar-refractivity contribution in [2.24, 2.45) is 0 Å². The maximum absolute atomic E-state index is 12.2. The van der Waals surface area contributed by atoms with E-state index < -0.39 is 17.7 Å². The lowest BCUT2D eigenvalue weighted by atomic mass is 10.1. The number of amides is 4. The van der Waals surface area contributed by atoms with Crippen molar-refractivity contribution in [3.8, 4) is 11.8 Å². The van der Waals surface area contributed by atoms with Crippen LogP contribution < -0.4 is 10.6 Å². The normalized spacial score (nSPS) is 12.1. The molecular formula is C21H17N3O4. The molecule has 0 spiro atoms. The first-order valence-electron chi connectivity index (χ1n) is 8.55. The lowest BCUT2D eigenvalue weighted by Crippen LogP contribution is -2.40. The summed E-state index contributed by atoms with van der Waals surface area (Å²) in [5, 5.41) is 5.09. The molecule has 140 valence electrons. The molecule has 0 saturated heterocycles. The fraction of sp³-hybridized carbons (Fsp3) is 0.143. The summed E-state index contributed by atoms with van der Waals surface area (Å²) in [4.78, 5) is 49.3. The van der Waals surface area contributed by atoms with Crippen LogP contribution in [0, 0.1) is 11.8 Å². The molecule has 0 bridgehead atoms. The van der Waals surface area contributed by atoms with Crippen molar-refractivity contribution >= 4 is 23.6 Å². The molecule has 28 heavy (non-hydrogen) atoms. The number of hydrogen-bond acceptors (Lipinski definition) is 4. The lowest BCUT2D eigenvalue weighted by molar-refractivity contribution is -0.121. The SMILES string of the molecule is CNC(=O)c1ccccc1C#CCNC(=O)CN1C(=O)c2ccccc2C1=O. The summed E-state index contributed by atoms with van der Waals surface area (Å²) in [6, 6.07) is 13.3. The molecule has 2 aromatic rings. The third kappa shape index (κ3) is 3.76. The van der Waals surface area contributed by atoms with E-state index in [1.807, 2.05) is 0 Å². The van der Waals surface area contributed by atoms with Gasteiger partial charge in [-0.3, -0.25) is 24.1 Å². The van der Waals surface area contributed by atoms with Gasteiger partial charge in [-0.2, -0.15) is 0 Å². The second-order valence-electron chi connectivity index (χ2n) is 5.95. The van der Waals surface area contributed by atoms with Crippen molar-refractivity contribution in [2.75, 3.05) is 20.1 Å². The number of carbonyl (C=O) groups excluding carboxylic acids is 4. The van der Waals surface area contributed by atoms with E-state index in [1.54, 1.807) is 48.5 Å². The van der Waals surface area contributed by atoms with Crippen molar-refractivity contribution < 1.29 is 19.2 Å². The molecule has 3 rings (SSSR count). The predicted molar refractivity (Wildman–Crippen MR) is 102 cm³/mol. The number of imide groups is 1. The fourth-order valence-electron chi connectivity index (χ4n) is 2.79. The van der Waals surface area contributed by atoms with Crippen LogP contribution in [0.15, 0.2) is 48.5 Å². The largest absolute Gasteiger partial charge is 0.355 e. The molecule has 0 saturated carbocycles. The number of hydrogen-bond donors (Lipinski definition) is 2. The van der Waals surface area contributed by atoms with Gasteiger partial charge >= 0.3 is 0 Å². The average Bonchev–Trinajstić information content (AvgIpc) is 2.96. The highest BCUT2D eigenvalue weighted by molar-refractivity contribution is 6.22. The zero-order valence-corrected chi connectivity index (χ0v) is 15.1. The summed E-state index contributed by atoms with van der Waals surface area (Å²) >= 11 is 0. The van der Waals surface area contributed by atoms with Gasteiger partial charge in [0.25, 0.3) is 17.7 Å². The maximum atomic E-state index is 12.2. The van der Waals surface area contributed by atoms with Gasteiger partial charge in [0.05, 0.1) is 23.2 Å². The minimum atomic E-state index is -0.497. The van der Waals surface area contributed by atoms with Gasteiger partial charge in [0.1, 0.15) is 6.54 Å². The summed E-state index contributed by atoms with van der Waals surface area (Å²) in [5.41, 5.74) is 1.57. The zero-order chi connectivity index (χ0) is 20.1. The van der Waals surface area contributed by atoms with Crippen LogP contribution in [-0.2, 0) is 4.79 Å². The van der Waals surface area contributed by atoms with Crippen LogP contribution in [0.25, 0.3) is 0 Å². The van der Waals surface area contributed by atoms with Crippen LogP contribution >= 0.6 is 0 Å². The van der Waals surface area contributed by atoms with E-state index >= 15 is 0 Å². The van der Waals surface area contributed by atoms with Gasteiger partial charge in [-0.15, -0.1) is 0 Å². The topological polar surface area (TPSA) is 95.6 Å². The van der Waals surface area contributed by atoms with E-state index in [9.17, 15) is 19.2 Å². The third-order valence-corrected chi connectivity index (χ3v) is 4.18. The molecule has 1 aliphatic rings. The van der Waals surface area contributed by atoms with Crippen molar-refractivity contribution in [2.45, 2.75) is 0 Å². The van der Waals surface area contributed by atoms with Gasteiger partial charge < -0.3 is 10.6 Å². The van der Waals surface area contributed by atoms with E-state index in [-0.39, 0.29) is 19.0 Å². The van der Waals surface area contributed by atoms with Crippen molar-refractivity contribution in [1.29, 1.82) is 0 Å². The third-order valence-electron chi connectivity index (χ3n) is 4.18. The monoisotopic (exact) mass is 375 g/mol. The number of fused-ring (bicyclic) bond motifs is 1. The summed E-state index contributed by atoms with van der Waals surface area (Å²) in [5.74, 6) is 3.89. The first-order valence-corrected chi connectivity index (χ1v) is 8.55. The fourth-order valence-corrected chi connectivity index (χ4v) is 2.79. The summed E-state index contributed by atoms with van der Waals surface area (Å²) in [7, 11) is 1.53. The lowest BCUT2D eigenvalue weighted by Gasteiger charge is -2.12. The highest BCUT2D eigenvalue weighted by Crippen LogP contribution is 2.21. The van der Waals surface area contributed by atoms with Gasteiger partial charge in [0.15, 0.2) is 0 Å². The molecule has 0 fully saturated rings. The second-order valence-corrected chi connectivity index (χ2v) is 5.95. The number of rotatable bonds is 4. The number of carbonyl (C=O) groups is 4. The van der Waals surface area contributed by atoms with Crippen LogP contribution in [0.5, 0.6) is 0 Å². The predicted octanol–water partition coefficient (Wildman–Crippen LogP) is 0.810. The number of nitrogens with one attached hydrogen (secondary N) is 2. The second kappa shape index (κ2) is 8.18. The molecule has 1 heterocycles. The van der Waals surface area contributed by atoms with Gasteiger partial charge in [-0.05, 0) is 24.3 Å². The van der Waals surface area contributed by atoms with Gasteiger partial charge in [-0.25, -0.2) is 0 Å². The number of nitrogens with zero attached hydrogens (tertiary/aromatic N) is 1. The Kier molecular flexibility index (Phi) is 5.51. The molecule has 0 aliphatic carbocycles. The standard InChI is InChI=1S/C21H17N3O4/c1-22-19(26)15-9-3-2-7-14(15)8-6-12-23-18(25)13-24-20(27)16-10-4-5-11-17(16)21(24)28/h2-5,7,9-11H,12-13H2,1H3,(H,22,26)(H,23,25). The van der Waals surface area contributed by atoms with E-state index in [4.69, 9.17) is 0 Å². The van der Waals surface area contributed by atoms with Crippen LogP contribution in [0.1, 0.15) is 36.6 Å². The Labute approximate surface area is 161 Å². The highest BCUT2D eigenvalue weighted by atomic mass is 16.2. The van der Waals surface area contributed by atoms with E-state index in [0.717, 1.165) is 4.90 Å². The number of benzene rings is 2. The quantitative estimate of drug-likeness (QED) is 0.611. The Morgan fingerprint density at radius 2 is 1.57 bits per heavy atom. The molecule has 2 N–H and O–H groups in total. The summed E-state index contributed by atoms with van der Waals surface area (Å²) < 4.78 is 0. The molecule has 4 amide bonds. The van der Waals surface area contributed by atoms with E-state index in [2.05, 4.69) is 22.5 Å². The molecule has 0 aromatic heterocycles. The molecule has 7 heteroatoms. The summed E-state index contributed by atoms with van der Waals surface area (Å²) in [6.07, 6.45) is 0. The molecular weight excluding hydrogens is 358 g/mol. The molecule has 0 atom stereocenters. The Morgan fingerprint density at radius 1 is 0.964 bits per heavy atom. The Bertz CT molecular complexity index is 998. The van der Waals surface area contributed by atoms with Crippen molar-refractivity contribution in [1.82, 2.24) is 15.5 Å². The van der Waals surface area contributed by atoms with Crippen LogP contribution in [0.3, 0.4) is 0 Å². The zero-order valence-electron chi connectivity index (χ0n) is 15.1. The Balaban J connectivity index is 1.59. The summed E-state index contributed by atoms with van der Waals surface area (Å²) in [6.45, 7) is -0.354. The Hall–Kier alpha value is -3.92. The Morgan fingerprint density at radius 3 is 2.21 bits per heavy atom. The van der Waals surface area contributed by atoms with Gasteiger partial charge in [-0.1, -0.05) is 36.1 Å². The molecule has 0 radical (unpaired) electrons. The minimum Gasteiger partial charge on any atom is -0.355 e. The maximum Gasteiger partial charge on any atom is 0.262 e. The highest BCUT2D eigenvalue weighted by Gasteiger charge is 2.36. The van der Waals surface area contributed by atoms with Crippen LogP contribution in [-0.4, -0.2) is 48.7 Å². The molecule has 2 aromatic carbocycles. The minimum absolute atomic E-state index is 0.0179. The van der Waals surface area contributed by atoms with Crippen molar-refractivity contribution in [3.63, 3.8) is 0 Å². The first-order chi connectivity index (χ1) is 13.5. The smallest absolute Gasteiger partial charge is 0.262 e.